The highest BCUT2D eigenvalue weighted by Gasteiger charge is 2.07. The fourth-order valence-corrected chi connectivity index (χ4v) is 1.64. The van der Waals surface area contributed by atoms with Gasteiger partial charge in [0.25, 0.3) is 0 Å². The molecule has 0 atom stereocenters. The molecule has 0 saturated carbocycles. The molecule has 1 amide bonds. The molecule has 0 bridgehead atoms. The van der Waals surface area contributed by atoms with Crippen LogP contribution in [0.4, 0.5) is 5.82 Å². The number of carbonyl (C=O) groups is 1. The van der Waals surface area contributed by atoms with Crippen LogP contribution in [-0.2, 0) is 4.79 Å². The van der Waals surface area contributed by atoms with E-state index in [2.05, 4.69) is 26.2 Å². The molecule has 1 heterocycles. The van der Waals surface area contributed by atoms with Gasteiger partial charge in [0, 0.05) is 24.3 Å². The Kier molecular flexibility index (Phi) is 4.73. The van der Waals surface area contributed by atoms with Crippen molar-refractivity contribution in [2.75, 3.05) is 25.5 Å². The van der Waals surface area contributed by atoms with Crippen molar-refractivity contribution in [2.24, 2.45) is 0 Å². The number of aryl methyl sites for hydroxylation is 1. The number of aromatic nitrogens is 1. The number of hydrogen-bond acceptors (Lipinski definition) is 3. The summed E-state index contributed by atoms with van der Waals surface area (Å²) in [7, 11) is 1.78. The molecule has 5 heteroatoms. The molecule has 0 radical (unpaired) electrons. The van der Waals surface area contributed by atoms with Crippen molar-refractivity contribution >= 4 is 27.7 Å². The third-order valence-corrected chi connectivity index (χ3v) is 2.79. The molecule has 0 spiro atoms. The Morgan fingerprint density at radius 1 is 1.62 bits per heavy atom. The zero-order valence-corrected chi connectivity index (χ0v) is 11.3. The van der Waals surface area contributed by atoms with Gasteiger partial charge in [0.1, 0.15) is 5.82 Å². The van der Waals surface area contributed by atoms with Gasteiger partial charge in [-0.1, -0.05) is 0 Å². The molecule has 0 aliphatic heterocycles. The average molecular weight is 286 g/mol. The van der Waals surface area contributed by atoms with Crippen LogP contribution in [0, 0.1) is 6.92 Å². The van der Waals surface area contributed by atoms with Gasteiger partial charge in [-0.2, -0.15) is 0 Å². The molecule has 1 rings (SSSR count). The second-order valence-corrected chi connectivity index (χ2v) is 4.50. The topological polar surface area (TPSA) is 45.2 Å². The number of carbonyl (C=O) groups excluding carboxylic acids is 1. The summed E-state index contributed by atoms with van der Waals surface area (Å²) in [6.07, 6.45) is 1.71. The number of pyridine rings is 1. The van der Waals surface area contributed by atoms with Gasteiger partial charge in [-0.3, -0.25) is 4.79 Å². The fourth-order valence-electron chi connectivity index (χ4n) is 1.20. The summed E-state index contributed by atoms with van der Waals surface area (Å²) in [4.78, 5) is 17.4. The minimum absolute atomic E-state index is 0.0617. The summed E-state index contributed by atoms with van der Waals surface area (Å²) in [6, 6.07) is 1.96. The number of nitrogens with one attached hydrogen (secondary N) is 1. The van der Waals surface area contributed by atoms with Gasteiger partial charge in [-0.15, -0.1) is 0 Å². The minimum Gasteiger partial charge on any atom is -0.361 e. The predicted octanol–water partition coefficient (Wildman–Crippen LogP) is 2.04. The van der Waals surface area contributed by atoms with Crippen molar-refractivity contribution in [3.8, 4) is 0 Å². The number of likely N-dealkylation sites (N-methyl/N-ethyl adjacent to an activating group) is 1. The van der Waals surface area contributed by atoms with Crippen LogP contribution < -0.4 is 5.32 Å². The summed E-state index contributed by atoms with van der Waals surface area (Å²) < 4.78 is 0.938. The number of anilines is 1. The standard InChI is InChI=1S/C11H16BrN3O/c1-4-15(3)10(16)7-14-11-8(2)5-9(12)6-13-11/h5-6H,4,7H2,1-3H3,(H,13,14). The summed E-state index contributed by atoms with van der Waals surface area (Å²) in [6.45, 7) is 4.89. The van der Waals surface area contributed by atoms with Crippen LogP contribution in [0.1, 0.15) is 12.5 Å². The van der Waals surface area contributed by atoms with Gasteiger partial charge in [0.05, 0.1) is 6.54 Å². The van der Waals surface area contributed by atoms with Crippen LogP contribution in [-0.4, -0.2) is 35.9 Å². The predicted molar refractivity (Wildman–Crippen MR) is 68.5 cm³/mol. The lowest BCUT2D eigenvalue weighted by molar-refractivity contribution is -0.127. The maximum atomic E-state index is 11.6. The van der Waals surface area contributed by atoms with E-state index in [9.17, 15) is 4.79 Å². The lowest BCUT2D eigenvalue weighted by atomic mass is 10.3. The molecule has 0 unspecified atom stereocenters. The van der Waals surface area contributed by atoms with Gasteiger partial charge in [-0.05, 0) is 41.4 Å². The van der Waals surface area contributed by atoms with Crippen LogP contribution in [0.15, 0.2) is 16.7 Å². The number of nitrogens with zero attached hydrogens (tertiary/aromatic N) is 2. The zero-order valence-electron chi connectivity index (χ0n) is 9.75. The number of rotatable bonds is 4. The maximum absolute atomic E-state index is 11.6. The fraction of sp³-hybridized carbons (Fsp3) is 0.455. The van der Waals surface area contributed by atoms with E-state index in [1.807, 2.05) is 19.9 Å². The number of halogens is 1. The molecular formula is C11H16BrN3O. The van der Waals surface area contributed by atoms with Crippen molar-refractivity contribution in [3.63, 3.8) is 0 Å². The van der Waals surface area contributed by atoms with E-state index in [1.54, 1.807) is 18.1 Å². The second-order valence-electron chi connectivity index (χ2n) is 3.58. The molecule has 0 aliphatic rings. The van der Waals surface area contributed by atoms with Crippen LogP contribution in [0.5, 0.6) is 0 Å². The zero-order chi connectivity index (χ0) is 12.1. The summed E-state index contributed by atoms with van der Waals surface area (Å²) in [5.74, 6) is 0.813. The number of hydrogen-bond donors (Lipinski definition) is 1. The van der Waals surface area contributed by atoms with E-state index in [1.165, 1.54) is 0 Å². The Morgan fingerprint density at radius 2 is 2.31 bits per heavy atom. The molecule has 1 aromatic rings. The van der Waals surface area contributed by atoms with Crippen LogP contribution in [0.2, 0.25) is 0 Å². The third kappa shape index (κ3) is 3.48. The highest BCUT2D eigenvalue weighted by atomic mass is 79.9. The first-order chi connectivity index (χ1) is 7.54. The third-order valence-electron chi connectivity index (χ3n) is 2.35. The Balaban J connectivity index is 2.58. The van der Waals surface area contributed by atoms with Gasteiger partial charge in [-0.25, -0.2) is 4.98 Å². The molecule has 4 nitrogen and oxygen atoms in total. The monoisotopic (exact) mass is 285 g/mol. The molecular weight excluding hydrogens is 270 g/mol. The summed E-state index contributed by atoms with van der Waals surface area (Å²) >= 11 is 3.35. The van der Waals surface area contributed by atoms with E-state index in [0.29, 0.717) is 6.54 Å². The Hall–Kier alpha value is -1.10. The largest absolute Gasteiger partial charge is 0.361 e. The van der Waals surface area contributed by atoms with Crippen molar-refractivity contribution in [1.29, 1.82) is 0 Å². The van der Waals surface area contributed by atoms with Gasteiger partial charge >= 0.3 is 0 Å². The molecule has 0 aromatic carbocycles. The van der Waals surface area contributed by atoms with Gasteiger partial charge in [0.15, 0.2) is 0 Å². The first-order valence-electron chi connectivity index (χ1n) is 5.14. The van der Waals surface area contributed by atoms with Crippen molar-refractivity contribution < 1.29 is 4.79 Å². The first-order valence-corrected chi connectivity index (χ1v) is 5.94. The van der Waals surface area contributed by atoms with Crippen LogP contribution >= 0.6 is 15.9 Å². The lowest BCUT2D eigenvalue weighted by Gasteiger charge is -2.15. The van der Waals surface area contributed by atoms with Crippen molar-refractivity contribution in [3.05, 3.63) is 22.3 Å². The maximum Gasteiger partial charge on any atom is 0.241 e. The minimum atomic E-state index is 0.0617. The van der Waals surface area contributed by atoms with Crippen molar-refractivity contribution in [1.82, 2.24) is 9.88 Å². The normalized spacial score (nSPS) is 10.0. The van der Waals surface area contributed by atoms with E-state index >= 15 is 0 Å². The summed E-state index contributed by atoms with van der Waals surface area (Å²) in [5, 5.41) is 3.03. The lowest BCUT2D eigenvalue weighted by Crippen LogP contribution is -2.32. The quantitative estimate of drug-likeness (QED) is 0.921. The van der Waals surface area contributed by atoms with E-state index < -0.39 is 0 Å². The second kappa shape index (κ2) is 5.84. The SMILES string of the molecule is CCN(C)C(=O)CNc1ncc(Br)cc1C. The summed E-state index contributed by atoms with van der Waals surface area (Å²) in [5.41, 5.74) is 1.02. The van der Waals surface area contributed by atoms with Gasteiger partial charge < -0.3 is 10.2 Å². The molecule has 0 aliphatic carbocycles. The highest BCUT2D eigenvalue weighted by molar-refractivity contribution is 9.10. The molecule has 0 saturated heterocycles. The first kappa shape index (κ1) is 13.0. The van der Waals surface area contributed by atoms with E-state index in [0.717, 1.165) is 15.9 Å². The van der Waals surface area contributed by atoms with Crippen molar-refractivity contribution in [2.45, 2.75) is 13.8 Å². The van der Waals surface area contributed by atoms with E-state index in [4.69, 9.17) is 0 Å². The molecule has 1 N–H and O–H groups in total. The Bertz CT molecular complexity index is 381. The van der Waals surface area contributed by atoms with Gasteiger partial charge in [0.2, 0.25) is 5.91 Å². The average Bonchev–Trinajstić information content (AvgIpc) is 2.26. The molecule has 0 fully saturated rings. The molecule has 1 aromatic heterocycles. The molecule has 88 valence electrons. The number of amides is 1. The van der Waals surface area contributed by atoms with Crippen LogP contribution in [0.3, 0.4) is 0 Å². The van der Waals surface area contributed by atoms with E-state index in [-0.39, 0.29) is 12.5 Å². The Labute approximate surface area is 104 Å². The van der Waals surface area contributed by atoms with Crippen LogP contribution in [0.25, 0.3) is 0 Å². The Morgan fingerprint density at radius 3 is 2.88 bits per heavy atom. The highest BCUT2D eigenvalue weighted by Crippen LogP contribution is 2.16. The molecule has 16 heavy (non-hydrogen) atoms. The smallest absolute Gasteiger partial charge is 0.241 e.